The lowest BCUT2D eigenvalue weighted by Gasteiger charge is -2.04. The van der Waals surface area contributed by atoms with Gasteiger partial charge in [0.25, 0.3) is 0 Å². The first kappa shape index (κ1) is 10.2. The summed E-state index contributed by atoms with van der Waals surface area (Å²) in [6.45, 7) is 4.37. The summed E-state index contributed by atoms with van der Waals surface area (Å²) in [6.07, 6.45) is 0. The van der Waals surface area contributed by atoms with Gasteiger partial charge in [-0.05, 0) is 23.6 Å². The van der Waals surface area contributed by atoms with Crippen molar-refractivity contribution in [3.05, 3.63) is 35.4 Å². The lowest BCUT2D eigenvalue weighted by molar-refractivity contribution is 0.866. The molecule has 1 rings (SSSR count). The molecule has 0 unspecified atom stereocenters. The quantitative estimate of drug-likeness (QED) is 0.510. The molecule has 0 saturated heterocycles. The number of rotatable bonds is 1. The van der Waals surface area contributed by atoms with E-state index in [2.05, 4.69) is 56.5 Å². The SMILES string of the molecule is CC(C)c1cccc(C#CCS)c1. The van der Waals surface area contributed by atoms with E-state index >= 15 is 0 Å². The Morgan fingerprint density at radius 1 is 1.38 bits per heavy atom. The minimum Gasteiger partial charge on any atom is -0.166 e. The number of benzene rings is 1. The summed E-state index contributed by atoms with van der Waals surface area (Å²) < 4.78 is 0. The molecule has 0 fully saturated rings. The van der Waals surface area contributed by atoms with Crippen LogP contribution in [0.3, 0.4) is 0 Å². The van der Waals surface area contributed by atoms with Crippen LogP contribution in [-0.2, 0) is 0 Å². The summed E-state index contributed by atoms with van der Waals surface area (Å²) >= 11 is 4.04. The molecule has 0 aromatic heterocycles. The summed E-state index contributed by atoms with van der Waals surface area (Å²) in [5.41, 5.74) is 2.42. The first-order valence-corrected chi connectivity index (χ1v) is 5.07. The van der Waals surface area contributed by atoms with Crippen molar-refractivity contribution >= 4 is 12.6 Å². The molecular formula is C12H14S. The van der Waals surface area contributed by atoms with Crippen LogP contribution in [0.4, 0.5) is 0 Å². The smallest absolute Gasteiger partial charge is 0.0521 e. The Morgan fingerprint density at radius 3 is 2.77 bits per heavy atom. The van der Waals surface area contributed by atoms with Crippen LogP contribution in [0.15, 0.2) is 24.3 Å². The molecule has 1 heteroatoms. The zero-order chi connectivity index (χ0) is 9.68. The van der Waals surface area contributed by atoms with Gasteiger partial charge in [-0.3, -0.25) is 0 Å². The Balaban J connectivity index is 2.92. The van der Waals surface area contributed by atoms with Crippen molar-refractivity contribution in [2.45, 2.75) is 19.8 Å². The highest BCUT2D eigenvalue weighted by Gasteiger charge is 1.97. The normalized spacial score (nSPS) is 9.54. The Bertz CT molecular complexity index is 328. The van der Waals surface area contributed by atoms with Crippen LogP contribution in [0.2, 0.25) is 0 Å². The monoisotopic (exact) mass is 190 g/mol. The van der Waals surface area contributed by atoms with Crippen molar-refractivity contribution in [3.63, 3.8) is 0 Å². The van der Waals surface area contributed by atoms with Crippen molar-refractivity contribution in [1.82, 2.24) is 0 Å². The van der Waals surface area contributed by atoms with Crippen LogP contribution in [0.5, 0.6) is 0 Å². The maximum Gasteiger partial charge on any atom is 0.0521 e. The fraction of sp³-hybridized carbons (Fsp3) is 0.333. The second-order valence-electron chi connectivity index (χ2n) is 3.24. The van der Waals surface area contributed by atoms with Crippen LogP contribution in [-0.4, -0.2) is 5.75 Å². The fourth-order valence-electron chi connectivity index (χ4n) is 1.12. The van der Waals surface area contributed by atoms with E-state index in [1.165, 1.54) is 5.56 Å². The fourth-order valence-corrected chi connectivity index (χ4v) is 1.20. The second-order valence-corrected chi connectivity index (χ2v) is 3.56. The van der Waals surface area contributed by atoms with E-state index in [4.69, 9.17) is 0 Å². The van der Waals surface area contributed by atoms with Crippen LogP contribution >= 0.6 is 12.6 Å². The van der Waals surface area contributed by atoms with E-state index in [1.807, 2.05) is 6.07 Å². The van der Waals surface area contributed by atoms with Crippen molar-refractivity contribution in [1.29, 1.82) is 0 Å². The van der Waals surface area contributed by atoms with Gasteiger partial charge in [0.1, 0.15) is 0 Å². The standard InChI is InChI=1S/C12H14S/c1-10(2)12-7-3-5-11(9-12)6-4-8-13/h3,5,7,9-10,13H,8H2,1-2H3. The molecule has 0 atom stereocenters. The van der Waals surface area contributed by atoms with Gasteiger partial charge < -0.3 is 0 Å². The molecular weight excluding hydrogens is 176 g/mol. The van der Waals surface area contributed by atoms with E-state index in [9.17, 15) is 0 Å². The molecule has 1 aromatic carbocycles. The van der Waals surface area contributed by atoms with Gasteiger partial charge in [-0.15, -0.1) is 0 Å². The van der Waals surface area contributed by atoms with E-state index in [0.717, 1.165) is 5.56 Å². The van der Waals surface area contributed by atoms with E-state index in [-0.39, 0.29) is 0 Å². The largest absolute Gasteiger partial charge is 0.166 e. The maximum atomic E-state index is 4.04. The van der Waals surface area contributed by atoms with Crippen molar-refractivity contribution in [3.8, 4) is 11.8 Å². The van der Waals surface area contributed by atoms with Gasteiger partial charge in [-0.2, -0.15) is 12.6 Å². The highest BCUT2D eigenvalue weighted by molar-refractivity contribution is 7.80. The zero-order valence-corrected chi connectivity index (χ0v) is 8.94. The summed E-state index contributed by atoms with van der Waals surface area (Å²) in [6, 6.07) is 8.36. The van der Waals surface area contributed by atoms with Gasteiger partial charge in [-0.25, -0.2) is 0 Å². The van der Waals surface area contributed by atoms with Gasteiger partial charge >= 0.3 is 0 Å². The third-order valence-electron chi connectivity index (χ3n) is 1.87. The topological polar surface area (TPSA) is 0 Å². The zero-order valence-electron chi connectivity index (χ0n) is 8.04. The summed E-state index contributed by atoms with van der Waals surface area (Å²) in [5, 5.41) is 0. The lowest BCUT2D eigenvalue weighted by atomic mass is 10.0. The molecule has 68 valence electrons. The first-order valence-electron chi connectivity index (χ1n) is 4.43. The Hall–Kier alpha value is -0.870. The molecule has 0 aliphatic heterocycles. The Morgan fingerprint density at radius 2 is 2.15 bits per heavy atom. The van der Waals surface area contributed by atoms with E-state index in [1.54, 1.807) is 0 Å². The van der Waals surface area contributed by atoms with Gasteiger partial charge in [-0.1, -0.05) is 37.8 Å². The van der Waals surface area contributed by atoms with Gasteiger partial charge in [0.05, 0.1) is 5.75 Å². The van der Waals surface area contributed by atoms with Crippen molar-refractivity contribution in [2.24, 2.45) is 0 Å². The van der Waals surface area contributed by atoms with E-state index < -0.39 is 0 Å². The lowest BCUT2D eigenvalue weighted by Crippen LogP contribution is -1.87. The number of thiol groups is 1. The third kappa shape index (κ3) is 3.16. The summed E-state index contributed by atoms with van der Waals surface area (Å²) in [7, 11) is 0. The summed E-state index contributed by atoms with van der Waals surface area (Å²) in [5.74, 6) is 7.19. The molecule has 0 radical (unpaired) electrons. The molecule has 0 amide bonds. The van der Waals surface area contributed by atoms with Crippen LogP contribution < -0.4 is 0 Å². The first-order chi connectivity index (χ1) is 6.24. The minimum absolute atomic E-state index is 0.567. The maximum absolute atomic E-state index is 4.04. The minimum atomic E-state index is 0.567. The van der Waals surface area contributed by atoms with Crippen LogP contribution in [0, 0.1) is 11.8 Å². The molecule has 0 aliphatic carbocycles. The van der Waals surface area contributed by atoms with Crippen LogP contribution in [0.25, 0.3) is 0 Å². The molecule has 13 heavy (non-hydrogen) atoms. The predicted molar refractivity (Wildman–Crippen MR) is 61.3 cm³/mol. The Kier molecular flexibility index (Phi) is 3.92. The molecule has 0 heterocycles. The molecule has 0 saturated carbocycles. The predicted octanol–water partition coefficient (Wildman–Crippen LogP) is 3.09. The highest BCUT2D eigenvalue weighted by atomic mass is 32.1. The average molecular weight is 190 g/mol. The average Bonchev–Trinajstić information content (AvgIpc) is 2.15. The second kappa shape index (κ2) is 4.99. The molecule has 0 aliphatic rings. The summed E-state index contributed by atoms with van der Waals surface area (Å²) in [4.78, 5) is 0. The molecule has 0 spiro atoms. The van der Waals surface area contributed by atoms with E-state index in [0.29, 0.717) is 11.7 Å². The molecule has 0 bridgehead atoms. The number of hydrogen-bond donors (Lipinski definition) is 1. The van der Waals surface area contributed by atoms with Gasteiger partial charge in [0, 0.05) is 5.56 Å². The van der Waals surface area contributed by atoms with Crippen LogP contribution in [0.1, 0.15) is 30.9 Å². The van der Waals surface area contributed by atoms with Crippen molar-refractivity contribution in [2.75, 3.05) is 5.75 Å². The number of hydrogen-bond acceptors (Lipinski definition) is 1. The van der Waals surface area contributed by atoms with Gasteiger partial charge in [0.2, 0.25) is 0 Å². The molecule has 0 nitrogen and oxygen atoms in total. The Labute approximate surface area is 85.8 Å². The molecule has 0 N–H and O–H groups in total. The third-order valence-corrected chi connectivity index (χ3v) is 2.02. The van der Waals surface area contributed by atoms with Crippen molar-refractivity contribution < 1.29 is 0 Å². The molecule has 1 aromatic rings. The van der Waals surface area contributed by atoms with Gasteiger partial charge in [0.15, 0.2) is 0 Å². The highest BCUT2D eigenvalue weighted by Crippen LogP contribution is 2.14.